The lowest BCUT2D eigenvalue weighted by Crippen LogP contribution is -2.11. The maximum atomic E-state index is 12.5. The van der Waals surface area contributed by atoms with E-state index in [2.05, 4.69) is 20.8 Å². The van der Waals surface area contributed by atoms with E-state index < -0.39 is 0 Å². The van der Waals surface area contributed by atoms with Gasteiger partial charge in [-0.3, -0.25) is 4.79 Å². The molecule has 0 aliphatic rings. The first-order valence-electron chi connectivity index (χ1n) is 7.69. The molecule has 2 aromatic rings. The second kappa shape index (κ2) is 6.35. The van der Waals surface area contributed by atoms with Gasteiger partial charge in [0.15, 0.2) is 5.78 Å². The molecule has 0 N–H and O–H groups in total. The third-order valence-corrected chi connectivity index (χ3v) is 3.50. The Morgan fingerprint density at radius 3 is 1.73 bits per heavy atom. The average molecular weight is 296 g/mol. The van der Waals surface area contributed by atoms with E-state index in [0.29, 0.717) is 11.1 Å². The summed E-state index contributed by atoms with van der Waals surface area (Å²) >= 11 is 0. The van der Waals surface area contributed by atoms with Gasteiger partial charge in [0.1, 0.15) is 5.75 Å². The molecule has 0 amide bonds. The van der Waals surface area contributed by atoms with Crippen molar-refractivity contribution < 1.29 is 9.53 Å². The van der Waals surface area contributed by atoms with Crippen LogP contribution in [0, 0.1) is 0 Å². The molecule has 2 rings (SSSR count). The van der Waals surface area contributed by atoms with Gasteiger partial charge in [0.2, 0.25) is 0 Å². The highest BCUT2D eigenvalue weighted by molar-refractivity contribution is 6.09. The first-order valence-corrected chi connectivity index (χ1v) is 7.69. The summed E-state index contributed by atoms with van der Waals surface area (Å²) in [5, 5.41) is 0. The van der Waals surface area contributed by atoms with Crippen molar-refractivity contribution in [3.8, 4) is 5.75 Å². The van der Waals surface area contributed by atoms with Gasteiger partial charge < -0.3 is 4.74 Å². The van der Waals surface area contributed by atoms with Gasteiger partial charge in [-0.25, -0.2) is 0 Å². The fourth-order valence-electron chi connectivity index (χ4n) is 2.25. The van der Waals surface area contributed by atoms with E-state index in [-0.39, 0.29) is 17.3 Å². The summed E-state index contributed by atoms with van der Waals surface area (Å²) in [7, 11) is 0. The van der Waals surface area contributed by atoms with Gasteiger partial charge >= 0.3 is 0 Å². The molecule has 0 fully saturated rings. The van der Waals surface area contributed by atoms with Crippen LogP contribution >= 0.6 is 0 Å². The van der Waals surface area contributed by atoms with Crippen molar-refractivity contribution in [2.75, 3.05) is 0 Å². The molecular weight excluding hydrogens is 272 g/mol. The molecule has 116 valence electrons. The lowest BCUT2D eigenvalue weighted by molar-refractivity contribution is 0.103. The summed E-state index contributed by atoms with van der Waals surface area (Å²) in [5.41, 5.74) is 2.71. The smallest absolute Gasteiger partial charge is 0.193 e. The van der Waals surface area contributed by atoms with E-state index in [9.17, 15) is 4.79 Å². The Hall–Kier alpha value is -2.09. The Bertz CT molecular complexity index is 629. The van der Waals surface area contributed by atoms with E-state index in [1.165, 1.54) is 5.56 Å². The third kappa shape index (κ3) is 3.97. The van der Waals surface area contributed by atoms with Gasteiger partial charge in [0, 0.05) is 11.1 Å². The van der Waals surface area contributed by atoms with Crippen LogP contribution in [0.2, 0.25) is 0 Å². The van der Waals surface area contributed by atoms with Crippen molar-refractivity contribution >= 4 is 5.78 Å². The van der Waals surface area contributed by atoms with Gasteiger partial charge in [-0.2, -0.15) is 0 Å². The molecule has 0 aromatic heterocycles. The molecule has 0 atom stereocenters. The molecule has 2 aromatic carbocycles. The fourth-order valence-corrected chi connectivity index (χ4v) is 2.25. The summed E-state index contributed by atoms with van der Waals surface area (Å²) in [6.07, 6.45) is 0.131. The molecule has 0 radical (unpaired) electrons. The summed E-state index contributed by atoms with van der Waals surface area (Å²) < 4.78 is 5.60. The summed E-state index contributed by atoms with van der Waals surface area (Å²) in [6.45, 7) is 10.5. The molecule has 2 nitrogen and oxygen atoms in total. The van der Waals surface area contributed by atoms with Crippen molar-refractivity contribution in [3.63, 3.8) is 0 Å². The quantitative estimate of drug-likeness (QED) is 0.742. The van der Waals surface area contributed by atoms with E-state index in [1.807, 2.05) is 62.4 Å². The minimum absolute atomic E-state index is 0.0385. The van der Waals surface area contributed by atoms with Crippen LogP contribution in [0.3, 0.4) is 0 Å². The van der Waals surface area contributed by atoms with E-state index in [1.54, 1.807) is 0 Å². The van der Waals surface area contributed by atoms with Crippen LogP contribution in [0.1, 0.15) is 56.1 Å². The second-order valence-corrected chi connectivity index (χ2v) is 6.85. The molecule has 0 unspecified atom stereocenters. The zero-order valence-corrected chi connectivity index (χ0v) is 14.0. The minimum Gasteiger partial charge on any atom is -0.491 e. The zero-order valence-electron chi connectivity index (χ0n) is 14.0. The lowest BCUT2D eigenvalue weighted by Gasteiger charge is -2.19. The molecule has 0 saturated carbocycles. The number of hydrogen-bond acceptors (Lipinski definition) is 2. The van der Waals surface area contributed by atoms with Gasteiger partial charge in [0.05, 0.1) is 6.10 Å². The fraction of sp³-hybridized carbons (Fsp3) is 0.350. The molecule has 0 spiro atoms. The third-order valence-electron chi connectivity index (χ3n) is 3.50. The van der Waals surface area contributed by atoms with Crippen LogP contribution in [-0.2, 0) is 5.41 Å². The number of ketones is 1. The molecule has 0 aliphatic carbocycles. The van der Waals surface area contributed by atoms with Crippen molar-refractivity contribution in [3.05, 3.63) is 65.2 Å². The highest BCUT2D eigenvalue weighted by atomic mass is 16.5. The molecule has 22 heavy (non-hydrogen) atoms. The maximum Gasteiger partial charge on any atom is 0.193 e. The van der Waals surface area contributed by atoms with Crippen molar-refractivity contribution in [2.45, 2.75) is 46.1 Å². The van der Waals surface area contributed by atoms with Crippen molar-refractivity contribution in [1.82, 2.24) is 0 Å². The monoisotopic (exact) mass is 296 g/mol. The Balaban J connectivity index is 2.17. The normalized spacial score (nSPS) is 11.5. The Labute approximate surface area is 133 Å². The molecule has 2 heteroatoms. The highest BCUT2D eigenvalue weighted by Crippen LogP contribution is 2.23. The van der Waals surface area contributed by atoms with Crippen LogP contribution in [0.25, 0.3) is 0 Å². The first kappa shape index (κ1) is 16.3. The van der Waals surface area contributed by atoms with Gasteiger partial charge in [0.25, 0.3) is 0 Å². The number of carbonyl (C=O) groups excluding carboxylic acids is 1. The molecule has 0 heterocycles. The van der Waals surface area contributed by atoms with Gasteiger partial charge in [-0.1, -0.05) is 45.0 Å². The topological polar surface area (TPSA) is 26.3 Å². The van der Waals surface area contributed by atoms with E-state index in [0.717, 1.165) is 5.75 Å². The van der Waals surface area contributed by atoms with Crippen LogP contribution < -0.4 is 4.74 Å². The number of benzene rings is 2. The minimum atomic E-state index is 0.0385. The summed E-state index contributed by atoms with van der Waals surface area (Å²) in [6, 6.07) is 15.2. The number of ether oxygens (including phenoxy) is 1. The number of carbonyl (C=O) groups is 1. The lowest BCUT2D eigenvalue weighted by atomic mass is 9.86. The molecule has 0 saturated heterocycles. The van der Waals surface area contributed by atoms with Gasteiger partial charge in [-0.15, -0.1) is 0 Å². The predicted octanol–water partition coefficient (Wildman–Crippen LogP) is 5.00. The summed E-state index contributed by atoms with van der Waals surface area (Å²) in [5.74, 6) is 0.825. The van der Waals surface area contributed by atoms with Crippen LogP contribution in [-0.4, -0.2) is 11.9 Å². The second-order valence-electron chi connectivity index (χ2n) is 6.85. The maximum absolute atomic E-state index is 12.5. The zero-order chi connectivity index (χ0) is 16.3. The molecular formula is C20H24O2. The number of hydrogen-bond donors (Lipinski definition) is 0. The van der Waals surface area contributed by atoms with Crippen LogP contribution in [0.5, 0.6) is 5.75 Å². The molecule has 0 aliphatic heterocycles. The SMILES string of the molecule is CC(C)Oc1ccc(C(=O)c2ccc(C(C)(C)C)cc2)cc1. The standard InChI is InChI=1S/C20H24O2/c1-14(2)22-18-12-8-16(9-13-18)19(21)15-6-10-17(11-7-15)20(3,4)5/h6-14H,1-5H3. The highest BCUT2D eigenvalue weighted by Gasteiger charge is 2.15. The predicted molar refractivity (Wildman–Crippen MR) is 90.8 cm³/mol. The van der Waals surface area contributed by atoms with E-state index in [4.69, 9.17) is 4.74 Å². The summed E-state index contributed by atoms with van der Waals surface area (Å²) in [4.78, 5) is 12.5. The van der Waals surface area contributed by atoms with Crippen LogP contribution in [0.4, 0.5) is 0 Å². The average Bonchev–Trinajstić information content (AvgIpc) is 2.46. The van der Waals surface area contributed by atoms with Crippen LogP contribution in [0.15, 0.2) is 48.5 Å². The number of rotatable bonds is 4. The Morgan fingerprint density at radius 2 is 1.32 bits per heavy atom. The molecule has 0 bridgehead atoms. The first-order chi connectivity index (χ1) is 10.3. The van der Waals surface area contributed by atoms with Crippen molar-refractivity contribution in [1.29, 1.82) is 0 Å². The van der Waals surface area contributed by atoms with Crippen molar-refractivity contribution in [2.24, 2.45) is 0 Å². The van der Waals surface area contributed by atoms with Gasteiger partial charge in [-0.05, 0) is 49.1 Å². The Kier molecular flexibility index (Phi) is 4.70. The largest absolute Gasteiger partial charge is 0.491 e. The Morgan fingerprint density at radius 1 is 0.864 bits per heavy atom. The van der Waals surface area contributed by atoms with E-state index >= 15 is 0 Å².